The molecule has 0 aromatic carbocycles. The van der Waals surface area contributed by atoms with E-state index in [1.165, 1.54) is 11.3 Å². The molecule has 0 saturated carbocycles. The first kappa shape index (κ1) is 7.63. The topological polar surface area (TPSA) is 69.1 Å². The number of aryl methyl sites for hydroxylation is 1. The van der Waals surface area contributed by atoms with E-state index in [9.17, 15) is 0 Å². The fourth-order valence-electron chi connectivity index (χ4n) is 1.13. The number of hydrogen-bond donors (Lipinski definition) is 0. The van der Waals surface area contributed by atoms with Gasteiger partial charge in [0.2, 0.25) is 4.96 Å². The summed E-state index contributed by atoms with van der Waals surface area (Å²) in [7, 11) is 0. The summed E-state index contributed by atoms with van der Waals surface area (Å²) in [5.74, 6) is 0.769. The fraction of sp³-hybridized carbons (Fsp3) is 0.143. The Morgan fingerprint density at radius 1 is 1.50 bits per heavy atom. The van der Waals surface area contributed by atoms with Crippen LogP contribution < -0.4 is 0 Å². The molecule has 14 heavy (non-hydrogen) atoms. The van der Waals surface area contributed by atoms with Crippen LogP contribution in [-0.2, 0) is 0 Å². The van der Waals surface area contributed by atoms with Crippen molar-refractivity contribution in [2.75, 3.05) is 0 Å². The molecule has 3 aromatic rings. The molecule has 3 heterocycles. The standard InChI is InChI=1S/C7H5N5OS/c1-4-2-5(11-13-4)6-10-12-3-8-9-7(12)14-6/h2-3H,1H3. The van der Waals surface area contributed by atoms with Gasteiger partial charge in [0.15, 0.2) is 5.01 Å². The predicted octanol–water partition coefficient (Wildman–Crippen LogP) is 1.15. The Hall–Kier alpha value is -1.76. The normalized spacial score (nSPS) is 11.2. The maximum Gasteiger partial charge on any atom is 0.234 e. The van der Waals surface area contributed by atoms with Crippen molar-refractivity contribution in [3.05, 3.63) is 18.2 Å². The quantitative estimate of drug-likeness (QED) is 0.598. The van der Waals surface area contributed by atoms with Crippen molar-refractivity contribution in [1.82, 2.24) is 25.0 Å². The van der Waals surface area contributed by atoms with Crippen LogP contribution in [0, 0.1) is 6.92 Å². The van der Waals surface area contributed by atoms with E-state index in [1.807, 2.05) is 13.0 Å². The largest absolute Gasteiger partial charge is 0.361 e. The SMILES string of the molecule is Cc1cc(-c2nn3cnnc3s2)no1. The van der Waals surface area contributed by atoms with Gasteiger partial charge in [-0.3, -0.25) is 0 Å². The van der Waals surface area contributed by atoms with E-state index in [0.29, 0.717) is 0 Å². The van der Waals surface area contributed by atoms with Crippen LogP contribution in [0.1, 0.15) is 5.76 Å². The Morgan fingerprint density at radius 2 is 2.43 bits per heavy atom. The molecule has 0 aliphatic rings. The lowest BCUT2D eigenvalue weighted by molar-refractivity contribution is 0.399. The molecule has 70 valence electrons. The zero-order valence-corrected chi connectivity index (χ0v) is 8.02. The second-order valence-electron chi connectivity index (χ2n) is 2.79. The molecule has 7 heteroatoms. The Bertz CT molecular complexity index is 551. The van der Waals surface area contributed by atoms with Gasteiger partial charge in [-0.05, 0) is 6.92 Å². The molecular formula is C7H5N5OS. The average molecular weight is 207 g/mol. The van der Waals surface area contributed by atoms with Crippen molar-refractivity contribution in [1.29, 1.82) is 0 Å². The zero-order valence-electron chi connectivity index (χ0n) is 7.21. The third kappa shape index (κ3) is 1.02. The summed E-state index contributed by atoms with van der Waals surface area (Å²) in [6.45, 7) is 1.84. The summed E-state index contributed by atoms with van der Waals surface area (Å²) in [5.41, 5.74) is 0.734. The number of fused-ring (bicyclic) bond motifs is 1. The average Bonchev–Trinajstić information content (AvgIpc) is 2.75. The van der Waals surface area contributed by atoms with Crippen LogP contribution >= 0.6 is 11.3 Å². The van der Waals surface area contributed by atoms with Crippen LogP contribution in [0.3, 0.4) is 0 Å². The molecule has 0 N–H and O–H groups in total. The van der Waals surface area contributed by atoms with Crippen molar-refractivity contribution < 1.29 is 4.52 Å². The fourth-order valence-corrected chi connectivity index (χ4v) is 1.90. The van der Waals surface area contributed by atoms with Crippen LogP contribution in [0.15, 0.2) is 16.9 Å². The van der Waals surface area contributed by atoms with Crippen molar-refractivity contribution in [3.8, 4) is 10.7 Å². The Morgan fingerprint density at radius 3 is 3.14 bits per heavy atom. The van der Waals surface area contributed by atoms with Gasteiger partial charge in [0.05, 0.1) is 0 Å². The van der Waals surface area contributed by atoms with E-state index in [-0.39, 0.29) is 0 Å². The molecule has 6 nitrogen and oxygen atoms in total. The van der Waals surface area contributed by atoms with E-state index in [2.05, 4.69) is 20.5 Å². The number of aromatic nitrogens is 5. The van der Waals surface area contributed by atoms with Gasteiger partial charge in [-0.1, -0.05) is 16.5 Å². The van der Waals surface area contributed by atoms with E-state index in [1.54, 1.807) is 10.8 Å². The van der Waals surface area contributed by atoms with Gasteiger partial charge < -0.3 is 4.52 Å². The van der Waals surface area contributed by atoms with Gasteiger partial charge in [-0.25, -0.2) is 0 Å². The highest BCUT2D eigenvalue weighted by Crippen LogP contribution is 2.23. The molecule has 0 unspecified atom stereocenters. The van der Waals surface area contributed by atoms with Crippen LogP contribution in [0.25, 0.3) is 15.7 Å². The van der Waals surface area contributed by atoms with Crippen LogP contribution in [0.4, 0.5) is 0 Å². The Kier molecular flexibility index (Phi) is 1.42. The summed E-state index contributed by atoms with van der Waals surface area (Å²) in [4.78, 5) is 0.751. The third-order valence-corrected chi connectivity index (χ3v) is 2.67. The van der Waals surface area contributed by atoms with Gasteiger partial charge in [0.25, 0.3) is 0 Å². The monoisotopic (exact) mass is 207 g/mol. The highest BCUT2D eigenvalue weighted by molar-refractivity contribution is 7.19. The number of nitrogens with zero attached hydrogens (tertiary/aromatic N) is 5. The summed E-state index contributed by atoms with van der Waals surface area (Å²) in [6, 6.07) is 1.84. The van der Waals surface area contributed by atoms with Gasteiger partial charge in [-0.2, -0.15) is 9.61 Å². The lowest BCUT2D eigenvalue weighted by atomic mass is 10.4. The molecule has 3 rings (SSSR count). The van der Waals surface area contributed by atoms with E-state index >= 15 is 0 Å². The van der Waals surface area contributed by atoms with Gasteiger partial charge in [0, 0.05) is 6.07 Å². The Labute approximate surface area is 82.2 Å². The summed E-state index contributed by atoms with van der Waals surface area (Å²) in [5, 5.41) is 16.5. The molecule has 0 spiro atoms. The lowest BCUT2D eigenvalue weighted by Crippen LogP contribution is -1.81. The third-order valence-electron chi connectivity index (χ3n) is 1.73. The van der Waals surface area contributed by atoms with Crippen molar-refractivity contribution in [2.45, 2.75) is 6.92 Å². The molecule has 0 saturated heterocycles. The molecule has 0 aliphatic heterocycles. The van der Waals surface area contributed by atoms with Crippen molar-refractivity contribution >= 4 is 16.3 Å². The minimum Gasteiger partial charge on any atom is -0.361 e. The summed E-state index contributed by atoms with van der Waals surface area (Å²) >= 11 is 1.43. The molecular weight excluding hydrogens is 202 g/mol. The Balaban J connectivity index is 2.18. The minimum atomic E-state index is 0.734. The zero-order chi connectivity index (χ0) is 9.54. The van der Waals surface area contributed by atoms with E-state index in [0.717, 1.165) is 21.4 Å². The smallest absolute Gasteiger partial charge is 0.234 e. The van der Waals surface area contributed by atoms with Crippen LogP contribution in [0.2, 0.25) is 0 Å². The lowest BCUT2D eigenvalue weighted by Gasteiger charge is -1.80. The molecule has 0 atom stereocenters. The molecule has 3 aromatic heterocycles. The second kappa shape index (κ2) is 2.61. The summed E-state index contributed by atoms with van der Waals surface area (Å²) in [6.07, 6.45) is 1.56. The highest BCUT2D eigenvalue weighted by atomic mass is 32.1. The van der Waals surface area contributed by atoms with Crippen LogP contribution in [-0.4, -0.2) is 25.0 Å². The summed E-state index contributed by atoms with van der Waals surface area (Å²) < 4.78 is 6.58. The van der Waals surface area contributed by atoms with E-state index in [4.69, 9.17) is 4.52 Å². The van der Waals surface area contributed by atoms with Crippen molar-refractivity contribution in [3.63, 3.8) is 0 Å². The number of hydrogen-bond acceptors (Lipinski definition) is 6. The molecule has 0 radical (unpaired) electrons. The first-order valence-corrected chi connectivity index (χ1v) is 4.75. The minimum absolute atomic E-state index is 0.734. The van der Waals surface area contributed by atoms with E-state index < -0.39 is 0 Å². The van der Waals surface area contributed by atoms with Gasteiger partial charge >= 0.3 is 0 Å². The van der Waals surface area contributed by atoms with Gasteiger partial charge in [-0.15, -0.1) is 10.2 Å². The van der Waals surface area contributed by atoms with Crippen molar-refractivity contribution in [2.24, 2.45) is 0 Å². The van der Waals surface area contributed by atoms with Gasteiger partial charge in [0.1, 0.15) is 17.8 Å². The second-order valence-corrected chi connectivity index (χ2v) is 3.74. The molecule has 0 aliphatic carbocycles. The first-order valence-electron chi connectivity index (χ1n) is 3.93. The first-order chi connectivity index (χ1) is 6.83. The maximum absolute atomic E-state index is 4.96. The molecule has 0 amide bonds. The predicted molar refractivity (Wildman–Crippen MR) is 48.9 cm³/mol. The van der Waals surface area contributed by atoms with Crippen LogP contribution in [0.5, 0.6) is 0 Å². The highest BCUT2D eigenvalue weighted by Gasteiger charge is 2.10. The maximum atomic E-state index is 4.96. The molecule has 0 fully saturated rings. The number of rotatable bonds is 1. The molecule has 0 bridgehead atoms.